The van der Waals surface area contributed by atoms with E-state index in [0.29, 0.717) is 22.9 Å². The second-order valence-corrected chi connectivity index (χ2v) is 15.6. The van der Waals surface area contributed by atoms with E-state index in [-0.39, 0.29) is 63.7 Å². The summed E-state index contributed by atoms with van der Waals surface area (Å²) in [5, 5.41) is 3.50. The Balaban J connectivity index is 1.08. The number of amides is 3. The molecule has 3 amide bonds. The summed E-state index contributed by atoms with van der Waals surface area (Å²) in [5.74, 6) is -2.17. The quantitative estimate of drug-likeness (QED) is 0.183. The molecule has 9 nitrogen and oxygen atoms in total. The maximum atomic E-state index is 14.0. The number of nitrogens with one attached hydrogen (secondary N) is 2. The maximum absolute atomic E-state index is 14.0. The lowest BCUT2D eigenvalue weighted by Crippen LogP contribution is -2.42. The van der Waals surface area contributed by atoms with Crippen LogP contribution in [-0.2, 0) is 20.6 Å². The average Bonchev–Trinajstić information content (AvgIpc) is 3.83. The third-order valence-electron chi connectivity index (χ3n) is 10.3. The van der Waals surface area contributed by atoms with E-state index in [1.165, 1.54) is 23.1 Å². The minimum atomic E-state index is -4.65. The van der Waals surface area contributed by atoms with Gasteiger partial charge < -0.3 is 19.8 Å². The molecule has 51 heavy (non-hydrogen) atoms. The number of alkyl halides is 3. The second-order valence-electron chi connectivity index (χ2n) is 13.0. The Bertz CT molecular complexity index is 2120. The molecule has 1 saturated heterocycles. The summed E-state index contributed by atoms with van der Waals surface area (Å²) < 4.78 is 52.0. The first kappa shape index (κ1) is 33.9. The Morgan fingerprint density at radius 3 is 2.43 bits per heavy atom. The minimum absolute atomic E-state index is 0.0318. The van der Waals surface area contributed by atoms with E-state index in [1.54, 1.807) is 55.1 Å². The van der Waals surface area contributed by atoms with E-state index in [0.717, 1.165) is 32.9 Å². The summed E-state index contributed by atoms with van der Waals surface area (Å²) in [5.41, 5.74) is -0.0381. The zero-order chi connectivity index (χ0) is 35.8. The van der Waals surface area contributed by atoms with Gasteiger partial charge in [0, 0.05) is 21.1 Å². The van der Waals surface area contributed by atoms with Gasteiger partial charge in [0.25, 0.3) is 5.91 Å². The molecule has 2 aliphatic carbocycles. The van der Waals surface area contributed by atoms with Gasteiger partial charge in [-0.2, -0.15) is 13.2 Å². The number of halogens is 4. The smallest absolute Gasteiger partial charge is 0.418 e. The van der Waals surface area contributed by atoms with Crippen LogP contribution in [0.2, 0.25) is 5.02 Å². The Morgan fingerprint density at radius 2 is 1.71 bits per heavy atom. The third kappa shape index (κ3) is 5.71. The number of hydrogen-bond donors (Lipinski definition) is 2. The van der Waals surface area contributed by atoms with Crippen LogP contribution < -0.4 is 24.6 Å². The monoisotopic (exact) mass is 755 g/mol. The van der Waals surface area contributed by atoms with Crippen molar-refractivity contribution in [2.75, 3.05) is 23.4 Å². The molecule has 4 aliphatic rings. The van der Waals surface area contributed by atoms with Crippen molar-refractivity contribution in [1.82, 2.24) is 4.98 Å². The average molecular weight is 756 g/mol. The molecule has 2 saturated carbocycles. The molecule has 0 radical (unpaired) electrons. The maximum Gasteiger partial charge on any atom is 0.418 e. The van der Waals surface area contributed by atoms with Crippen molar-refractivity contribution in [1.29, 1.82) is 0 Å². The lowest BCUT2D eigenvalue weighted by atomic mass is 9.68. The molecule has 1 aromatic heterocycles. The van der Waals surface area contributed by atoms with Crippen LogP contribution in [0.15, 0.2) is 76.6 Å². The molecule has 15 heteroatoms. The van der Waals surface area contributed by atoms with E-state index in [9.17, 15) is 32.3 Å². The normalized spacial score (nSPS) is 26.1. The zero-order valence-corrected chi connectivity index (χ0v) is 29.1. The fraction of sp³-hybridized carbons (Fsp3) is 0.333. The molecule has 0 spiro atoms. The van der Waals surface area contributed by atoms with Gasteiger partial charge in [-0.05, 0) is 85.2 Å². The molecule has 3 heterocycles. The number of H-pyrrole nitrogens is 1. The Morgan fingerprint density at radius 1 is 0.980 bits per heavy atom. The molecule has 6 unspecified atom stereocenters. The highest BCUT2D eigenvalue weighted by molar-refractivity contribution is 8.00. The number of para-hydroxylation sites is 1. The van der Waals surface area contributed by atoms with Crippen molar-refractivity contribution in [3.8, 4) is 11.5 Å². The number of thiazole rings is 1. The largest absolute Gasteiger partial charge is 0.490 e. The van der Waals surface area contributed by atoms with Crippen LogP contribution in [0.3, 0.4) is 0 Å². The fourth-order valence-electron chi connectivity index (χ4n) is 8.51. The lowest BCUT2D eigenvalue weighted by molar-refractivity contribution is -0.137. The standard InChI is InChI=1S/C36H29ClF3N3O6S2/c1-2-48-24-13-16(7-12-23(24)49-15-25(44)41-22-6-4-3-5-21(22)36(38,39)40)26-27-19-14-20(30(27)50-32-31(26)51-35(47)42-32)29-28(19)33(45)43(34(29)46)18-10-8-17(37)9-11-18/h3-13,19-20,26-30H,2,14-15H2,1H3,(H,41,44)(H,42,47)/t19?,20?,26-,27?,28?,29?,30?/m1/s1. The lowest BCUT2D eigenvalue weighted by Gasteiger charge is -2.43. The number of rotatable bonds is 8. The van der Waals surface area contributed by atoms with E-state index >= 15 is 0 Å². The molecule has 3 fully saturated rings. The van der Waals surface area contributed by atoms with Crippen molar-refractivity contribution >= 4 is 63.8 Å². The minimum Gasteiger partial charge on any atom is -0.490 e. The summed E-state index contributed by atoms with van der Waals surface area (Å²) in [6.07, 6.45) is -3.94. The molecule has 2 N–H and O–H groups in total. The number of hydrogen-bond acceptors (Lipinski definition) is 8. The number of thioether (sulfide) groups is 1. The summed E-state index contributed by atoms with van der Waals surface area (Å²) in [6.45, 7) is 1.46. The van der Waals surface area contributed by atoms with Crippen molar-refractivity contribution in [2.45, 2.75) is 35.7 Å². The van der Waals surface area contributed by atoms with Gasteiger partial charge in [0.1, 0.15) is 0 Å². The summed E-state index contributed by atoms with van der Waals surface area (Å²) in [6, 6.07) is 16.6. The highest BCUT2D eigenvalue weighted by Gasteiger charge is 2.69. The van der Waals surface area contributed by atoms with E-state index in [1.807, 2.05) is 6.07 Å². The molecule has 8 rings (SSSR count). The number of carbonyl (C=O) groups is 3. The molecular weight excluding hydrogens is 727 g/mol. The predicted octanol–water partition coefficient (Wildman–Crippen LogP) is 7.20. The van der Waals surface area contributed by atoms with E-state index < -0.39 is 36.1 Å². The van der Waals surface area contributed by atoms with Gasteiger partial charge >= 0.3 is 11.0 Å². The summed E-state index contributed by atoms with van der Waals surface area (Å²) in [4.78, 5) is 58.3. The molecule has 3 aromatic carbocycles. The van der Waals surface area contributed by atoms with Crippen molar-refractivity contribution in [3.05, 3.63) is 97.4 Å². The van der Waals surface area contributed by atoms with Crippen LogP contribution >= 0.6 is 34.7 Å². The highest BCUT2D eigenvalue weighted by atomic mass is 35.5. The first-order chi connectivity index (χ1) is 24.4. The number of ether oxygens (including phenoxy) is 2. The van der Waals surface area contributed by atoms with Gasteiger partial charge in [0.05, 0.1) is 40.4 Å². The Hall–Kier alpha value is -4.27. The fourth-order valence-corrected chi connectivity index (χ4v) is 11.5. The molecule has 7 atom stereocenters. The van der Waals surface area contributed by atoms with Gasteiger partial charge in [-0.1, -0.05) is 41.1 Å². The van der Waals surface area contributed by atoms with Gasteiger partial charge in [-0.25, -0.2) is 0 Å². The van der Waals surface area contributed by atoms with Crippen LogP contribution in [0.4, 0.5) is 24.5 Å². The van der Waals surface area contributed by atoms with Gasteiger partial charge in [0.2, 0.25) is 11.8 Å². The Labute approximate surface area is 302 Å². The second kappa shape index (κ2) is 12.7. The van der Waals surface area contributed by atoms with Crippen LogP contribution in [-0.4, -0.2) is 41.2 Å². The SMILES string of the molecule is CCOc1cc([C@H]2c3sc(=O)[nH]c3SC3C4CC(C5C(=O)N(c6ccc(Cl)cc6)C(=O)C45)C32)ccc1OCC(=O)Nc1ccccc1C(F)(F)F. The number of nitrogens with zero attached hydrogens (tertiary/aromatic N) is 1. The zero-order valence-electron chi connectivity index (χ0n) is 26.7. The number of aromatic amines is 1. The predicted molar refractivity (Wildman–Crippen MR) is 186 cm³/mol. The first-order valence-electron chi connectivity index (χ1n) is 16.3. The number of fused-ring (bicyclic) bond motifs is 9. The third-order valence-corrected chi connectivity index (χ3v) is 13.1. The van der Waals surface area contributed by atoms with Crippen molar-refractivity contribution in [3.63, 3.8) is 0 Å². The van der Waals surface area contributed by atoms with Gasteiger partial charge in [-0.3, -0.25) is 24.1 Å². The van der Waals surface area contributed by atoms with Crippen molar-refractivity contribution < 1.29 is 37.0 Å². The summed E-state index contributed by atoms with van der Waals surface area (Å²) >= 11 is 8.78. The van der Waals surface area contributed by atoms with Crippen LogP contribution in [0.25, 0.3) is 0 Å². The highest BCUT2D eigenvalue weighted by Crippen LogP contribution is 2.69. The Kier molecular flexibility index (Phi) is 8.46. The number of carbonyl (C=O) groups excluding carboxylic acids is 3. The van der Waals surface area contributed by atoms with E-state index in [2.05, 4.69) is 10.3 Å². The molecular formula is C36H29ClF3N3O6S2. The number of benzene rings is 3. The van der Waals surface area contributed by atoms with Gasteiger partial charge in [-0.15, -0.1) is 11.8 Å². The number of imide groups is 1. The topological polar surface area (TPSA) is 118 Å². The first-order valence-corrected chi connectivity index (χ1v) is 18.4. The van der Waals surface area contributed by atoms with Crippen molar-refractivity contribution in [2.24, 2.45) is 29.6 Å². The number of aromatic nitrogens is 1. The molecule has 264 valence electrons. The van der Waals surface area contributed by atoms with Crippen LogP contribution in [0.5, 0.6) is 11.5 Å². The van der Waals surface area contributed by atoms with Crippen LogP contribution in [0, 0.1) is 29.6 Å². The molecule has 4 aromatic rings. The molecule has 2 aliphatic heterocycles. The van der Waals surface area contributed by atoms with Gasteiger partial charge in [0.15, 0.2) is 18.1 Å². The summed E-state index contributed by atoms with van der Waals surface area (Å²) in [7, 11) is 0. The number of anilines is 2. The van der Waals surface area contributed by atoms with Crippen LogP contribution in [0.1, 0.15) is 35.3 Å². The van der Waals surface area contributed by atoms with E-state index in [4.69, 9.17) is 21.1 Å². The molecule has 2 bridgehead atoms.